The van der Waals surface area contributed by atoms with Crippen molar-refractivity contribution in [3.8, 4) is 17.2 Å². The lowest BCUT2D eigenvalue weighted by molar-refractivity contribution is -0.159. The molecule has 8 nitrogen and oxygen atoms in total. The Bertz CT molecular complexity index is 1480. The van der Waals surface area contributed by atoms with E-state index in [2.05, 4.69) is 0 Å². The van der Waals surface area contributed by atoms with Gasteiger partial charge in [-0.15, -0.1) is 11.3 Å². The van der Waals surface area contributed by atoms with Crippen LogP contribution in [-0.2, 0) is 30.3 Å². The van der Waals surface area contributed by atoms with E-state index in [0.717, 1.165) is 29.0 Å². The summed E-state index contributed by atoms with van der Waals surface area (Å²) >= 11 is 1.40. The highest BCUT2D eigenvalue weighted by Crippen LogP contribution is 2.66. The highest BCUT2D eigenvalue weighted by atomic mass is 32.2. The number of hydrogen-bond donors (Lipinski definition) is 2. The van der Waals surface area contributed by atoms with Crippen molar-refractivity contribution in [2.24, 2.45) is 22.5 Å². The number of thiophene rings is 1. The number of nitrogens with zero attached hydrogens (tertiary/aromatic N) is 1. The van der Waals surface area contributed by atoms with Crippen LogP contribution in [-0.4, -0.2) is 43.9 Å². The molecule has 2 unspecified atom stereocenters. The predicted molar refractivity (Wildman–Crippen MR) is 131 cm³/mol. The lowest BCUT2D eigenvalue weighted by Crippen LogP contribution is -2.44. The normalized spacial score (nSPS) is 29.1. The largest absolute Gasteiger partial charge is 0.481 e. The van der Waals surface area contributed by atoms with Crippen molar-refractivity contribution in [3.63, 3.8) is 0 Å². The molecule has 1 aromatic heterocycles. The SMILES string of the molecule is CO[C@H]1C[C@@H](S(=O)(=O)c2ccc(-c3cc(C)sc3C)cc2C(F)(F)F)C[C@]1(C(=O)O)C1CC1(C#N)C(N)=O. The molecule has 0 spiro atoms. The van der Waals surface area contributed by atoms with E-state index >= 15 is 0 Å². The first-order chi connectivity index (χ1) is 17.6. The molecule has 0 saturated heterocycles. The molecule has 2 aliphatic rings. The Hall–Kier alpha value is -2.95. The first kappa shape index (κ1) is 28.1. The second kappa shape index (κ2) is 9.07. The number of carbonyl (C=O) groups excluding carboxylic acids is 1. The van der Waals surface area contributed by atoms with Crippen LogP contribution in [0.2, 0.25) is 0 Å². The number of halogens is 3. The Morgan fingerprint density at radius 2 is 1.89 bits per heavy atom. The molecule has 0 radical (unpaired) electrons. The minimum absolute atomic E-state index is 0.206. The third kappa shape index (κ3) is 4.10. The lowest BCUT2D eigenvalue weighted by Gasteiger charge is -2.31. The van der Waals surface area contributed by atoms with Crippen molar-refractivity contribution in [2.75, 3.05) is 7.11 Å². The van der Waals surface area contributed by atoms with Gasteiger partial charge in [0, 0.05) is 22.8 Å². The lowest BCUT2D eigenvalue weighted by atomic mass is 9.75. The fraction of sp³-hybridized carbons (Fsp3) is 0.480. The van der Waals surface area contributed by atoms with E-state index in [-0.39, 0.29) is 12.0 Å². The van der Waals surface area contributed by atoms with Gasteiger partial charge in [-0.2, -0.15) is 18.4 Å². The van der Waals surface area contributed by atoms with E-state index in [1.165, 1.54) is 17.4 Å². The Morgan fingerprint density at radius 3 is 2.34 bits per heavy atom. The third-order valence-corrected chi connectivity index (χ3v) is 11.1. The monoisotopic (exact) mass is 570 g/mol. The number of hydrogen-bond acceptors (Lipinski definition) is 7. The summed E-state index contributed by atoms with van der Waals surface area (Å²) in [4.78, 5) is 25.2. The standard InChI is InChI=1S/C25H25F3N2O6S2/c1-12-6-16(13(2)37-12)14-4-5-18(17(7-14)25(26,27)28)38(34,35)15-8-20(36-3)24(9-15,22(32)33)19-10-23(19,11-29)21(30)31/h4-7,15,19-20H,8-10H2,1-3H3,(H2,30,31)(H,32,33)/t15-,19?,20+,23?,24+/m1/s1. The van der Waals surface area contributed by atoms with Crippen LogP contribution in [0.5, 0.6) is 0 Å². The number of carboxylic acids is 1. The van der Waals surface area contributed by atoms with Gasteiger partial charge in [-0.05, 0) is 62.4 Å². The number of methoxy groups -OCH3 is 1. The smallest absolute Gasteiger partial charge is 0.417 e. The molecule has 1 aromatic carbocycles. The minimum Gasteiger partial charge on any atom is -0.481 e. The van der Waals surface area contributed by atoms with Crippen molar-refractivity contribution in [3.05, 3.63) is 39.6 Å². The second-order valence-corrected chi connectivity index (χ2v) is 13.6. The van der Waals surface area contributed by atoms with Gasteiger partial charge in [0.1, 0.15) is 10.8 Å². The Balaban J connectivity index is 1.81. The zero-order valence-corrected chi connectivity index (χ0v) is 22.3. The number of aliphatic carboxylic acids is 1. The van der Waals surface area contributed by atoms with Crippen LogP contribution in [0.4, 0.5) is 13.2 Å². The van der Waals surface area contributed by atoms with Gasteiger partial charge in [0.15, 0.2) is 9.84 Å². The van der Waals surface area contributed by atoms with E-state index in [4.69, 9.17) is 10.5 Å². The maximum Gasteiger partial charge on any atom is 0.417 e. The number of benzene rings is 1. The molecule has 2 saturated carbocycles. The minimum atomic E-state index is -5.01. The molecule has 2 aliphatic carbocycles. The number of nitriles is 1. The molecule has 1 amide bonds. The molecule has 5 atom stereocenters. The van der Waals surface area contributed by atoms with Gasteiger partial charge in [0.05, 0.1) is 27.9 Å². The van der Waals surface area contributed by atoms with Crippen molar-refractivity contribution in [1.29, 1.82) is 5.26 Å². The van der Waals surface area contributed by atoms with Crippen LogP contribution in [0, 0.1) is 41.9 Å². The zero-order valence-electron chi connectivity index (χ0n) is 20.6. The van der Waals surface area contributed by atoms with E-state index in [9.17, 15) is 41.5 Å². The molecule has 204 valence electrons. The number of amides is 1. The maximum absolute atomic E-state index is 14.2. The van der Waals surface area contributed by atoms with Crippen LogP contribution >= 0.6 is 11.3 Å². The number of alkyl halides is 3. The second-order valence-electron chi connectivity index (χ2n) is 9.92. The summed E-state index contributed by atoms with van der Waals surface area (Å²) in [5, 5.41) is 18.2. The molecular weight excluding hydrogens is 545 g/mol. The van der Waals surface area contributed by atoms with Crippen molar-refractivity contribution in [2.45, 2.75) is 55.5 Å². The van der Waals surface area contributed by atoms with Gasteiger partial charge < -0.3 is 15.6 Å². The zero-order chi connectivity index (χ0) is 28.4. The Morgan fingerprint density at radius 1 is 1.24 bits per heavy atom. The topological polar surface area (TPSA) is 148 Å². The Kier molecular flexibility index (Phi) is 6.70. The maximum atomic E-state index is 14.2. The van der Waals surface area contributed by atoms with Crippen molar-refractivity contribution >= 4 is 33.1 Å². The van der Waals surface area contributed by atoms with Crippen molar-refractivity contribution in [1.82, 2.24) is 0 Å². The number of nitrogens with two attached hydrogens (primary N) is 1. The number of primary amides is 1. The first-order valence-corrected chi connectivity index (χ1v) is 13.9. The summed E-state index contributed by atoms with van der Waals surface area (Å²) in [6.45, 7) is 3.57. The summed E-state index contributed by atoms with van der Waals surface area (Å²) in [5.41, 5.74) is 0.957. The summed E-state index contributed by atoms with van der Waals surface area (Å²) in [7, 11) is -3.58. The average molecular weight is 571 g/mol. The van der Waals surface area contributed by atoms with Gasteiger partial charge in [-0.3, -0.25) is 9.59 Å². The van der Waals surface area contributed by atoms with Crippen LogP contribution < -0.4 is 5.73 Å². The number of ether oxygens (including phenoxy) is 1. The molecule has 0 aliphatic heterocycles. The number of aryl methyl sites for hydroxylation is 2. The molecule has 2 fully saturated rings. The molecular formula is C25H25F3N2O6S2. The summed E-state index contributed by atoms with van der Waals surface area (Å²) < 4.78 is 75.3. The summed E-state index contributed by atoms with van der Waals surface area (Å²) in [6.07, 6.45) is -7.56. The molecule has 38 heavy (non-hydrogen) atoms. The van der Waals surface area contributed by atoms with Crippen LogP contribution in [0.25, 0.3) is 11.1 Å². The first-order valence-electron chi connectivity index (χ1n) is 11.6. The van der Waals surface area contributed by atoms with Crippen LogP contribution in [0.3, 0.4) is 0 Å². The third-order valence-electron chi connectivity index (χ3n) is 7.90. The quantitative estimate of drug-likeness (QED) is 0.510. The van der Waals surface area contributed by atoms with Crippen LogP contribution in [0.1, 0.15) is 34.6 Å². The molecule has 3 N–H and O–H groups in total. The molecule has 0 bridgehead atoms. The fourth-order valence-electron chi connectivity index (χ4n) is 5.92. The van der Waals surface area contributed by atoms with E-state index < -0.39 is 79.3 Å². The molecule has 13 heteroatoms. The Labute approximate surface area is 221 Å². The van der Waals surface area contributed by atoms with Gasteiger partial charge in [0.2, 0.25) is 5.91 Å². The number of carbonyl (C=O) groups is 2. The van der Waals surface area contributed by atoms with E-state index in [1.54, 1.807) is 19.1 Å². The predicted octanol–water partition coefficient (Wildman–Crippen LogP) is 4.09. The van der Waals surface area contributed by atoms with E-state index in [1.807, 2.05) is 6.92 Å². The van der Waals surface area contributed by atoms with Crippen molar-refractivity contribution < 1.29 is 41.0 Å². The fourth-order valence-corrected chi connectivity index (χ4v) is 8.89. The summed E-state index contributed by atoms with van der Waals surface area (Å²) in [6, 6.07) is 6.48. The van der Waals surface area contributed by atoms with Crippen LogP contribution in [0.15, 0.2) is 29.2 Å². The highest BCUT2D eigenvalue weighted by molar-refractivity contribution is 7.92. The molecule has 2 aromatic rings. The number of sulfone groups is 1. The van der Waals surface area contributed by atoms with E-state index in [0.29, 0.717) is 5.56 Å². The van der Waals surface area contributed by atoms with Gasteiger partial charge >= 0.3 is 12.1 Å². The molecule has 1 heterocycles. The number of carboxylic acid groups (broad SMARTS) is 1. The van der Waals surface area contributed by atoms with Gasteiger partial charge in [0.25, 0.3) is 0 Å². The number of rotatable bonds is 7. The molecule has 4 rings (SSSR count). The average Bonchev–Trinajstić information content (AvgIpc) is 3.31. The van der Waals surface area contributed by atoms with Gasteiger partial charge in [-0.25, -0.2) is 8.42 Å². The van der Waals surface area contributed by atoms with Gasteiger partial charge in [-0.1, -0.05) is 6.07 Å². The highest BCUT2D eigenvalue weighted by Gasteiger charge is 2.75. The summed E-state index contributed by atoms with van der Waals surface area (Å²) in [5.74, 6) is -3.68.